The van der Waals surface area contributed by atoms with Crippen molar-refractivity contribution in [1.29, 1.82) is 0 Å². The highest BCUT2D eigenvalue weighted by Crippen LogP contribution is 2.06. The summed E-state index contributed by atoms with van der Waals surface area (Å²) in [7, 11) is 0. The number of pyridine rings is 1. The van der Waals surface area contributed by atoms with E-state index in [4.69, 9.17) is 18.0 Å². The van der Waals surface area contributed by atoms with Gasteiger partial charge < -0.3 is 11.1 Å². The normalized spacial score (nSPS) is 10.5. The average molecular weight is 289 g/mol. The molecule has 0 aliphatic carbocycles. The third-order valence-electron chi connectivity index (χ3n) is 2.96. The smallest absolute Gasteiger partial charge is 0.126 e. The summed E-state index contributed by atoms with van der Waals surface area (Å²) in [6.45, 7) is 5.79. The van der Waals surface area contributed by atoms with Gasteiger partial charge in [0, 0.05) is 18.8 Å². The molecule has 2 heterocycles. The number of rotatable bonds is 6. The minimum atomic E-state index is 0.316. The van der Waals surface area contributed by atoms with E-state index in [2.05, 4.69) is 28.4 Å². The highest BCUT2D eigenvalue weighted by atomic mass is 32.1. The number of nitrogens with zero attached hydrogens (tertiary/aromatic N) is 3. The van der Waals surface area contributed by atoms with Crippen molar-refractivity contribution in [3.05, 3.63) is 41.3 Å². The number of nitrogens with one attached hydrogen (secondary N) is 1. The van der Waals surface area contributed by atoms with Gasteiger partial charge >= 0.3 is 0 Å². The molecule has 0 aliphatic rings. The van der Waals surface area contributed by atoms with Gasteiger partial charge in [0.15, 0.2) is 0 Å². The molecule has 3 N–H and O–H groups in total. The van der Waals surface area contributed by atoms with Gasteiger partial charge in [-0.25, -0.2) is 4.98 Å². The number of hydrogen-bond acceptors (Lipinski definition) is 4. The fourth-order valence-corrected chi connectivity index (χ4v) is 2.13. The number of hydrogen-bond donors (Lipinski definition) is 2. The second kappa shape index (κ2) is 6.47. The van der Waals surface area contributed by atoms with Gasteiger partial charge in [-0.1, -0.05) is 18.3 Å². The fraction of sp³-hybridized carbons (Fsp3) is 0.357. The molecule has 0 aliphatic heterocycles. The summed E-state index contributed by atoms with van der Waals surface area (Å²) in [5, 5.41) is 7.70. The van der Waals surface area contributed by atoms with Crippen molar-refractivity contribution >= 4 is 23.0 Å². The molecule has 20 heavy (non-hydrogen) atoms. The Morgan fingerprint density at radius 2 is 2.20 bits per heavy atom. The molecule has 0 spiro atoms. The van der Waals surface area contributed by atoms with E-state index in [0.29, 0.717) is 10.7 Å². The molecular weight excluding hydrogens is 270 g/mol. The van der Waals surface area contributed by atoms with Crippen molar-refractivity contribution in [2.45, 2.75) is 26.8 Å². The first-order valence-electron chi connectivity index (χ1n) is 6.58. The van der Waals surface area contributed by atoms with Crippen LogP contribution in [0.2, 0.25) is 0 Å². The first kappa shape index (κ1) is 14.5. The Hall–Kier alpha value is -1.95. The van der Waals surface area contributed by atoms with Gasteiger partial charge in [0.2, 0.25) is 0 Å². The van der Waals surface area contributed by atoms with Crippen molar-refractivity contribution in [1.82, 2.24) is 14.8 Å². The number of anilines is 1. The van der Waals surface area contributed by atoms with Crippen LogP contribution in [0.3, 0.4) is 0 Å². The molecule has 2 rings (SSSR count). The molecule has 0 atom stereocenters. The highest BCUT2D eigenvalue weighted by Gasteiger charge is 2.01. The van der Waals surface area contributed by atoms with E-state index in [1.54, 1.807) is 0 Å². The SMILES string of the molecule is Cc1cc(C)n(CCCNc2cccc(C(N)=S)n2)n1. The molecule has 5 nitrogen and oxygen atoms in total. The van der Waals surface area contributed by atoms with E-state index >= 15 is 0 Å². The molecule has 0 saturated heterocycles. The second-order valence-corrected chi connectivity index (χ2v) is 5.14. The number of thiocarbonyl (C=S) groups is 1. The molecule has 0 radical (unpaired) electrons. The van der Waals surface area contributed by atoms with Gasteiger partial charge in [0.05, 0.1) is 11.4 Å². The monoisotopic (exact) mass is 289 g/mol. The maximum Gasteiger partial charge on any atom is 0.126 e. The van der Waals surface area contributed by atoms with Crippen LogP contribution in [0.4, 0.5) is 5.82 Å². The number of nitrogens with two attached hydrogens (primary N) is 1. The van der Waals surface area contributed by atoms with Crippen LogP contribution < -0.4 is 11.1 Å². The highest BCUT2D eigenvalue weighted by molar-refractivity contribution is 7.80. The van der Waals surface area contributed by atoms with Crippen LogP contribution in [-0.2, 0) is 6.54 Å². The van der Waals surface area contributed by atoms with E-state index in [9.17, 15) is 0 Å². The summed E-state index contributed by atoms with van der Waals surface area (Å²) in [4.78, 5) is 4.65. The maximum atomic E-state index is 5.56. The Labute approximate surface area is 124 Å². The van der Waals surface area contributed by atoms with E-state index in [1.807, 2.05) is 29.8 Å². The molecular formula is C14H19N5S. The van der Waals surface area contributed by atoms with E-state index in [0.717, 1.165) is 31.0 Å². The Bertz CT molecular complexity index is 605. The van der Waals surface area contributed by atoms with Crippen molar-refractivity contribution in [3.8, 4) is 0 Å². The summed E-state index contributed by atoms with van der Waals surface area (Å²) in [6.07, 6.45) is 0.973. The van der Waals surface area contributed by atoms with Crippen molar-refractivity contribution in [3.63, 3.8) is 0 Å². The zero-order valence-corrected chi connectivity index (χ0v) is 12.6. The maximum absolute atomic E-state index is 5.56. The molecule has 0 amide bonds. The molecule has 0 bridgehead atoms. The molecule has 2 aromatic heterocycles. The summed E-state index contributed by atoms with van der Waals surface area (Å²) in [5.74, 6) is 0.795. The van der Waals surface area contributed by atoms with Crippen LogP contribution in [0.15, 0.2) is 24.3 Å². The van der Waals surface area contributed by atoms with Gasteiger partial charge in [-0.05, 0) is 38.5 Å². The van der Waals surface area contributed by atoms with Crippen molar-refractivity contribution < 1.29 is 0 Å². The lowest BCUT2D eigenvalue weighted by atomic mass is 10.3. The van der Waals surface area contributed by atoms with Gasteiger partial charge in [0.25, 0.3) is 0 Å². The third-order valence-corrected chi connectivity index (χ3v) is 3.17. The predicted molar refractivity (Wildman–Crippen MR) is 84.9 cm³/mol. The Morgan fingerprint density at radius 3 is 2.85 bits per heavy atom. The standard InChI is InChI=1S/C14H19N5S/c1-10-9-11(2)19(18-10)8-4-7-16-13-6-3-5-12(17-13)14(15)20/h3,5-6,9H,4,7-8H2,1-2H3,(H2,15,20)(H,16,17). The molecule has 2 aromatic rings. The van der Waals surface area contributed by atoms with E-state index in [-0.39, 0.29) is 0 Å². The Morgan fingerprint density at radius 1 is 1.40 bits per heavy atom. The molecule has 0 unspecified atom stereocenters. The Kier molecular flexibility index (Phi) is 4.68. The van der Waals surface area contributed by atoms with Crippen LogP contribution >= 0.6 is 12.2 Å². The van der Waals surface area contributed by atoms with Crippen molar-refractivity contribution in [2.24, 2.45) is 5.73 Å². The van der Waals surface area contributed by atoms with E-state index in [1.165, 1.54) is 5.69 Å². The van der Waals surface area contributed by atoms with Gasteiger partial charge in [-0.2, -0.15) is 5.10 Å². The van der Waals surface area contributed by atoms with Crippen molar-refractivity contribution in [2.75, 3.05) is 11.9 Å². The molecule has 0 fully saturated rings. The minimum absolute atomic E-state index is 0.316. The van der Waals surface area contributed by atoms with Crippen LogP contribution in [0.25, 0.3) is 0 Å². The largest absolute Gasteiger partial charge is 0.388 e. The summed E-state index contributed by atoms with van der Waals surface area (Å²) >= 11 is 4.91. The summed E-state index contributed by atoms with van der Waals surface area (Å²) in [6, 6.07) is 7.69. The molecule has 0 saturated carbocycles. The van der Waals surface area contributed by atoms with Crippen LogP contribution in [0.1, 0.15) is 23.5 Å². The van der Waals surface area contributed by atoms with Crippen LogP contribution in [-0.4, -0.2) is 26.3 Å². The first-order chi connectivity index (χ1) is 9.56. The van der Waals surface area contributed by atoms with Crippen LogP contribution in [0, 0.1) is 13.8 Å². The first-order valence-corrected chi connectivity index (χ1v) is 6.99. The number of aromatic nitrogens is 3. The lowest BCUT2D eigenvalue weighted by molar-refractivity contribution is 0.573. The van der Waals surface area contributed by atoms with Crippen LogP contribution in [0.5, 0.6) is 0 Å². The summed E-state index contributed by atoms with van der Waals surface area (Å²) in [5.41, 5.74) is 8.45. The minimum Gasteiger partial charge on any atom is -0.388 e. The van der Waals surface area contributed by atoms with E-state index < -0.39 is 0 Å². The Balaban J connectivity index is 1.83. The topological polar surface area (TPSA) is 68.8 Å². The lowest BCUT2D eigenvalue weighted by Gasteiger charge is -2.08. The summed E-state index contributed by atoms with van der Waals surface area (Å²) < 4.78 is 2.02. The van der Waals surface area contributed by atoms with Gasteiger partial charge in [-0.15, -0.1) is 0 Å². The second-order valence-electron chi connectivity index (χ2n) is 4.70. The van der Waals surface area contributed by atoms with Gasteiger partial charge in [0.1, 0.15) is 10.8 Å². The predicted octanol–water partition coefficient (Wildman–Crippen LogP) is 2.03. The molecule has 0 aromatic carbocycles. The third kappa shape index (κ3) is 3.77. The average Bonchev–Trinajstić information content (AvgIpc) is 2.73. The van der Waals surface area contributed by atoms with Gasteiger partial charge in [-0.3, -0.25) is 4.68 Å². The zero-order chi connectivity index (χ0) is 14.5. The molecule has 106 valence electrons. The molecule has 6 heteroatoms. The zero-order valence-electron chi connectivity index (χ0n) is 11.8. The lowest BCUT2D eigenvalue weighted by Crippen LogP contribution is -2.14. The number of aryl methyl sites for hydroxylation is 3. The fourth-order valence-electron chi connectivity index (χ4n) is 2.02. The quantitative estimate of drug-likeness (QED) is 0.629.